The minimum atomic E-state index is -3.50. The Morgan fingerprint density at radius 1 is 1.00 bits per heavy atom. The van der Waals surface area contributed by atoms with E-state index in [-0.39, 0.29) is 22.6 Å². The number of nitrogens with zero attached hydrogens (tertiary/aromatic N) is 1. The molecular weight excluding hydrogens is 558 g/mol. The van der Waals surface area contributed by atoms with Crippen LogP contribution in [0.1, 0.15) is 60.5 Å². The molecule has 1 fully saturated rings. The van der Waals surface area contributed by atoms with Gasteiger partial charge in [-0.05, 0) is 93.3 Å². The van der Waals surface area contributed by atoms with Crippen molar-refractivity contribution in [2.24, 2.45) is 5.92 Å². The monoisotopic (exact) mass is 595 g/mol. The van der Waals surface area contributed by atoms with E-state index in [1.165, 1.54) is 6.26 Å². The van der Waals surface area contributed by atoms with Crippen molar-refractivity contribution >= 4 is 38.9 Å². The Hall–Kier alpha value is -3.36. The van der Waals surface area contributed by atoms with Crippen molar-refractivity contribution in [3.8, 4) is 0 Å². The summed E-state index contributed by atoms with van der Waals surface area (Å²) in [5.41, 5.74) is 5.71. The summed E-state index contributed by atoms with van der Waals surface area (Å²) in [6, 6.07) is 12.6. The van der Waals surface area contributed by atoms with E-state index in [2.05, 4.69) is 15.5 Å². The van der Waals surface area contributed by atoms with Crippen LogP contribution in [0.4, 0.5) is 5.69 Å². The molecule has 0 aromatic heterocycles. The SMILES string of the molecule is CC1=C(N2CCC(CC(=O)Nc3c(C)cccc3C)CC2)C(NC(=O)c2cccc(Cl)c2)=CC(S(C)(=O)=O)=CCC1. The van der Waals surface area contributed by atoms with Gasteiger partial charge in [-0.3, -0.25) is 9.59 Å². The number of aryl methyl sites for hydroxylation is 2. The number of piperidine rings is 1. The van der Waals surface area contributed by atoms with E-state index in [0.717, 1.165) is 40.9 Å². The highest BCUT2D eigenvalue weighted by molar-refractivity contribution is 7.94. The minimum Gasteiger partial charge on any atom is -0.370 e. The fourth-order valence-corrected chi connectivity index (χ4v) is 6.43. The van der Waals surface area contributed by atoms with Crippen molar-refractivity contribution in [1.29, 1.82) is 0 Å². The standard InChI is InChI=1S/C32H38ClN3O4S/c1-21-8-5-9-22(2)30(21)35-29(37)18-24-14-16-36(17-15-24)31-23(3)10-6-13-27(41(4,39)40)20-28(31)34-32(38)25-11-7-12-26(33)19-25/h5,7-9,11-13,19-20,24H,6,10,14-18H2,1-4H3,(H,34,38)(H,35,37). The van der Waals surface area contributed by atoms with Crippen LogP contribution >= 0.6 is 11.6 Å². The van der Waals surface area contributed by atoms with Crippen LogP contribution in [0.25, 0.3) is 0 Å². The van der Waals surface area contributed by atoms with Gasteiger partial charge in [0.2, 0.25) is 5.91 Å². The lowest BCUT2D eigenvalue weighted by Gasteiger charge is -2.37. The molecule has 2 amide bonds. The number of carbonyl (C=O) groups excluding carboxylic acids is 2. The summed E-state index contributed by atoms with van der Waals surface area (Å²) < 4.78 is 25.1. The first-order chi connectivity index (χ1) is 19.4. The number of allylic oxidation sites excluding steroid dienone is 3. The maximum atomic E-state index is 13.3. The Kier molecular flexibility index (Phi) is 9.76. The average molecular weight is 596 g/mol. The number of hydrogen-bond donors (Lipinski definition) is 2. The molecule has 0 saturated carbocycles. The lowest BCUT2D eigenvalue weighted by Crippen LogP contribution is -2.38. The van der Waals surface area contributed by atoms with Gasteiger partial charge in [-0.25, -0.2) is 8.42 Å². The zero-order chi connectivity index (χ0) is 29.7. The molecule has 7 nitrogen and oxygen atoms in total. The van der Waals surface area contributed by atoms with Gasteiger partial charge >= 0.3 is 0 Å². The van der Waals surface area contributed by atoms with E-state index in [0.29, 0.717) is 48.6 Å². The number of halogens is 1. The molecule has 4 rings (SSSR count). The number of sulfone groups is 1. The first-order valence-electron chi connectivity index (χ1n) is 13.9. The normalized spacial score (nSPS) is 16.9. The first-order valence-corrected chi connectivity index (χ1v) is 16.2. The van der Waals surface area contributed by atoms with Crippen LogP contribution in [0, 0.1) is 19.8 Å². The van der Waals surface area contributed by atoms with E-state index in [9.17, 15) is 18.0 Å². The van der Waals surface area contributed by atoms with Gasteiger partial charge in [0.25, 0.3) is 5.91 Å². The lowest BCUT2D eigenvalue weighted by molar-refractivity contribution is -0.117. The molecule has 0 bridgehead atoms. The highest BCUT2D eigenvalue weighted by Gasteiger charge is 2.28. The van der Waals surface area contributed by atoms with Crippen molar-refractivity contribution in [2.75, 3.05) is 24.7 Å². The van der Waals surface area contributed by atoms with Crippen molar-refractivity contribution in [3.63, 3.8) is 0 Å². The molecule has 1 heterocycles. The lowest BCUT2D eigenvalue weighted by atomic mass is 9.91. The summed E-state index contributed by atoms with van der Waals surface area (Å²) in [5, 5.41) is 6.53. The molecule has 0 unspecified atom stereocenters. The summed E-state index contributed by atoms with van der Waals surface area (Å²) in [5.74, 6) is -0.125. The van der Waals surface area contributed by atoms with Gasteiger partial charge in [0.15, 0.2) is 9.84 Å². The molecule has 218 valence electrons. The molecule has 2 aromatic carbocycles. The zero-order valence-electron chi connectivity index (χ0n) is 24.1. The molecule has 2 aromatic rings. The van der Waals surface area contributed by atoms with Gasteiger partial charge in [-0.2, -0.15) is 0 Å². The number of hydrogen-bond acceptors (Lipinski definition) is 5. The van der Waals surface area contributed by atoms with Gasteiger partial charge in [0.1, 0.15) is 0 Å². The molecule has 41 heavy (non-hydrogen) atoms. The van der Waals surface area contributed by atoms with Gasteiger partial charge in [0, 0.05) is 42.0 Å². The quantitative estimate of drug-likeness (QED) is 0.391. The van der Waals surface area contributed by atoms with Crippen LogP contribution in [0.3, 0.4) is 0 Å². The van der Waals surface area contributed by atoms with Gasteiger partial charge in [0.05, 0.1) is 16.3 Å². The van der Waals surface area contributed by atoms with Gasteiger partial charge in [-0.15, -0.1) is 0 Å². The third kappa shape index (κ3) is 7.89. The summed E-state index contributed by atoms with van der Waals surface area (Å²) in [6.07, 6.45) is 7.76. The second-order valence-corrected chi connectivity index (χ2v) is 13.5. The van der Waals surface area contributed by atoms with Crippen LogP contribution in [-0.2, 0) is 14.6 Å². The van der Waals surface area contributed by atoms with Gasteiger partial charge in [-0.1, -0.05) is 41.9 Å². The summed E-state index contributed by atoms with van der Waals surface area (Å²) in [7, 11) is -3.50. The van der Waals surface area contributed by atoms with Gasteiger partial charge < -0.3 is 15.5 Å². The largest absolute Gasteiger partial charge is 0.370 e. The maximum Gasteiger partial charge on any atom is 0.255 e. The van der Waals surface area contributed by atoms with Crippen LogP contribution in [0.2, 0.25) is 5.02 Å². The Bertz CT molecular complexity index is 1510. The molecule has 1 aliphatic carbocycles. The summed E-state index contributed by atoms with van der Waals surface area (Å²) in [6.45, 7) is 7.39. The number of rotatable bonds is 7. The van der Waals surface area contributed by atoms with Crippen LogP contribution in [0.5, 0.6) is 0 Å². The smallest absolute Gasteiger partial charge is 0.255 e. The van der Waals surface area contributed by atoms with E-state index in [1.807, 2.05) is 39.0 Å². The van der Waals surface area contributed by atoms with Crippen LogP contribution in [-0.4, -0.2) is 44.5 Å². The molecular formula is C32H38ClN3O4S. The predicted molar refractivity (Wildman–Crippen MR) is 165 cm³/mol. The molecule has 2 N–H and O–H groups in total. The first kappa shape index (κ1) is 30.6. The van der Waals surface area contributed by atoms with Crippen molar-refractivity contribution in [3.05, 3.63) is 98.2 Å². The summed E-state index contributed by atoms with van der Waals surface area (Å²) >= 11 is 6.12. The fraction of sp³-hybridized carbons (Fsp3) is 0.375. The summed E-state index contributed by atoms with van der Waals surface area (Å²) in [4.78, 5) is 28.6. The number of benzene rings is 2. The second-order valence-electron chi connectivity index (χ2n) is 11.0. The number of para-hydroxylation sites is 1. The average Bonchev–Trinajstić information content (AvgIpc) is 2.89. The van der Waals surface area contributed by atoms with E-state index in [1.54, 1.807) is 36.4 Å². The Morgan fingerprint density at radius 2 is 1.66 bits per heavy atom. The molecule has 1 saturated heterocycles. The predicted octanol–water partition coefficient (Wildman–Crippen LogP) is 6.31. The molecule has 0 spiro atoms. The topological polar surface area (TPSA) is 95.6 Å². The third-order valence-corrected chi connectivity index (χ3v) is 9.10. The maximum absolute atomic E-state index is 13.3. The van der Waals surface area contributed by atoms with E-state index in [4.69, 9.17) is 11.6 Å². The number of carbonyl (C=O) groups is 2. The van der Waals surface area contributed by atoms with Crippen LogP contribution in [0.15, 0.2) is 76.5 Å². The number of anilines is 1. The Morgan fingerprint density at radius 3 is 2.29 bits per heavy atom. The van der Waals surface area contributed by atoms with Crippen molar-refractivity contribution in [2.45, 2.75) is 52.9 Å². The zero-order valence-corrected chi connectivity index (χ0v) is 25.7. The molecule has 1 aliphatic heterocycles. The molecule has 0 radical (unpaired) electrons. The number of likely N-dealkylation sites (tertiary alicyclic amines) is 1. The molecule has 2 aliphatic rings. The highest BCUT2D eigenvalue weighted by atomic mass is 35.5. The van der Waals surface area contributed by atoms with E-state index >= 15 is 0 Å². The fourth-order valence-electron chi connectivity index (χ4n) is 5.49. The Balaban J connectivity index is 1.53. The number of nitrogens with one attached hydrogen (secondary N) is 2. The molecule has 9 heteroatoms. The number of amides is 2. The highest BCUT2D eigenvalue weighted by Crippen LogP contribution is 2.32. The molecule has 0 atom stereocenters. The minimum absolute atomic E-state index is 0.0134. The van der Waals surface area contributed by atoms with E-state index < -0.39 is 9.84 Å². The second kappa shape index (κ2) is 13.1. The van der Waals surface area contributed by atoms with Crippen LogP contribution < -0.4 is 10.6 Å². The van der Waals surface area contributed by atoms with Crippen molar-refractivity contribution in [1.82, 2.24) is 10.2 Å². The Labute approximate surface area is 248 Å². The van der Waals surface area contributed by atoms with Crippen molar-refractivity contribution < 1.29 is 18.0 Å². The third-order valence-electron chi connectivity index (χ3n) is 7.72.